The first-order chi connectivity index (χ1) is 16.9. The molecule has 3 aromatic heterocycles. The van der Waals surface area contributed by atoms with Gasteiger partial charge in [0, 0.05) is 30.1 Å². The molecule has 1 aliphatic rings. The fraction of sp³-hybridized carbons (Fsp3) is 0.458. The van der Waals surface area contributed by atoms with E-state index in [1.54, 1.807) is 24.4 Å². The van der Waals surface area contributed by atoms with Crippen LogP contribution >= 0.6 is 0 Å². The molecular formula is C24H30N6O5. The number of nitrogens with zero attached hydrogens (tertiary/aromatic N) is 5. The van der Waals surface area contributed by atoms with E-state index in [9.17, 15) is 14.7 Å². The topological polar surface area (TPSA) is 144 Å². The molecule has 35 heavy (non-hydrogen) atoms. The van der Waals surface area contributed by atoms with Gasteiger partial charge in [-0.3, -0.25) is 14.3 Å². The van der Waals surface area contributed by atoms with E-state index >= 15 is 0 Å². The van der Waals surface area contributed by atoms with Crippen LogP contribution in [0, 0.1) is 12.8 Å². The highest BCUT2D eigenvalue weighted by Crippen LogP contribution is 2.32. The van der Waals surface area contributed by atoms with Crippen LogP contribution in [0.25, 0.3) is 0 Å². The molecule has 4 rings (SSSR count). The van der Waals surface area contributed by atoms with Crippen LogP contribution in [0.15, 0.2) is 47.5 Å². The number of ether oxygens (including phenoxy) is 1. The number of carbonyl (C=O) groups is 1. The van der Waals surface area contributed by atoms with Crippen molar-refractivity contribution in [2.45, 2.75) is 57.7 Å². The maximum Gasteiger partial charge on any atom is 0.271 e. The van der Waals surface area contributed by atoms with Crippen LogP contribution in [0.5, 0.6) is 11.6 Å². The van der Waals surface area contributed by atoms with Gasteiger partial charge in [0.25, 0.3) is 11.5 Å². The van der Waals surface area contributed by atoms with Gasteiger partial charge in [-0.25, -0.2) is 9.67 Å². The van der Waals surface area contributed by atoms with Gasteiger partial charge in [0.05, 0.1) is 25.5 Å². The number of aliphatic hydroxyl groups excluding tert-OH is 2. The monoisotopic (exact) mass is 482 g/mol. The third kappa shape index (κ3) is 6.52. The van der Waals surface area contributed by atoms with Crippen molar-refractivity contribution in [2.24, 2.45) is 5.92 Å². The first-order valence-corrected chi connectivity index (χ1v) is 11.7. The molecule has 3 aromatic rings. The average molecular weight is 483 g/mol. The van der Waals surface area contributed by atoms with Crippen LogP contribution in [0.4, 0.5) is 5.82 Å². The van der Waals surface area contributed by atoms with Crippen LogP contribution in [0.3, 0.4) is 0 Å². The summed E-state index contributed by atoms with van der Waals surface area (Å²) in [5, 5.41) is 29.8. The van der Waals surface area contributed by atoms with Gasteiger partial charge in [0.2, 0.25) is 5.88 Å². The SMILES string of the molecule is Cc1cccc(Oc2cnn(C(CC3CCCC3)C(=O)Nc3ccn(C[C@@H](O)CO)n3)c(=O)c2)n1. The lowest BCUT2D eigenvalue weighted by atomic mass is 9.98. The number of nitrogens with one attached hydrogen (secondary N) is 1. The number of hydrogen-bond donors (Lipinski definition) is 3. The third-order valence-corrected chi connectivity index (χ3v) is 6.02. The first kappa shape index (κ1) is 24.6. The second-order valence-electron chi connectivity index (χ2n) is 8.84. The molecule has 0 spiro atoms. The smallest absolute Gasteiger partial charge is 0.271 e. The second-order valence-corrected chi connectivity index (χ2v) is 8.84. The summed E-state index contributed by atoms with van der Waals surface area (Å²) in [4.78, 5) is 30.5. The molecule has 11 nitrogen and oxygen atoms in total. The lowest BCUT2D eigenvalue weighted by molar-refractivity contribution is -0.120. The number of amides is 1. The van der Waals surface area contributed by atoms with Crippen molar-refractivity contribution in [3.05, 3.63) is 58.8 Å². The molecule has 1 amide bonds. The van der Waals surface area contributed by atoms with E-state index in [0.29, 0.717) is 18.2 Å². The lowest BCUT2D eigenvalue weighted by Gasteiger charge is -2.21. The van der Waals surface area contributed by atoms with E-state index in [-0.39, 0.29) is 24.7 Å². The normalized spacial score (nSPS) is 15.6. The zero-order valence-corrected chi connectivity index (χ0v) is 19.6. The molecule has 1 unspecified atom stereocenters. The first-order valence-electron chi connectivity index (χ1n) is 11.7. The van der Waals surface area contributed by atoms with E-state index in [4.69, 9.17) is 9.84 Å². The van der Waals surface area contributed by atoms with Gasteiger partial charge in [-0.15, -0.1) is 0 Å². The summed E-state index contributed by atoms with van der Waals surface area (Å²) in [7, 11) is 0. The van der Waals surface area contributed by atoms with Crippen molar-refractivity contribution in [2.75, 3.05) is 11.9 Å². The number of aliphatic hydroxyl groups is 2. The van der Waals surface area contributed by atoms with Gasteiger partial charge >= 0.3 is 0 Å². The fourth-order valence-corrected chi connectivity index (χ4v) is 4.28. The molecule has 0 radical (unpaired) electrons. The van der Waals surface area contributed by atoms with E-state index in [2.05, 4.69) is 20.5 Å². The molecule has 0 aliphatic heterocycles. The van der Waals surface area contributed by atoms with E-state index in [1.165, 1.54) is 21.6 Å². The lowest BCUT2D eigenvalue weighted by Crippen LogP contribution is -2.36. The number of aryl methyl sites for hydroxylation is 1. The van der Waals surface area contributed by atoms with E-state index in [1.807, 2.05) is 13.0 Å². The predicted molar refractivity (Wildman–Crippen MR) is 127 cm³/mol. The summed E-state index contributed by atoms with van der Waals surface area (Å²) in [6.45, 7) is 1.54. The quantitative estimate of drug-likeness (QED) is 0.398. The average Bonchev–Trinajstić information content (AvgIpc) is 3.50. The second kappa shape index (κ2) is 11.2. The van der Waals surface area contributed by atoms with Crippen LogP contribution in [0.1, 0.15) is 43.8 Å². The van der Waals surface area contributed by atoms with Crippen molar-refractivity contribution >= 4 is 11.7 Å². The third-order valence-electron chi connectivity index (χ3n) is 6.02. The van der Waals surface area contributed by atoms with Gasteiger partial charge in [-0.05, 0) is 25.3 Å². The summed E-state index contributed by atoms with van der Waals surface area (Å²) in [5.41, 5.74) is 0.329. The molecule has 3 N–H and O–H groups in total. The van der Waals surface area contributed by atoms with Crippen LogP contribution in [-0.4, -0.2) is 53.4 Å². The van der Waals surface area contributed by atoms with Gasteiger partial charge in [0.15, 0.2) is 11.6 Å². The maximum absolute atomic E-state index is 13.3. The van der Waals surface area contributed by atoms with Crippen molar-refractivity contribution in [1.29, 1.82) is 0 Å². The number of carbonyl (C=O) groups excluding carboxylic acids is 1. The zero-order chi connectivity index (χ0) is 24.8. The van der Waals surface area contributed by atoms with Crippen LogP contribution in [0.2, 0.25) is 0 Å². The Morgan fingerprint density at radius 3 is 2.80 bits per heavy atom. The van der Waals surface area contributed by atoms with E-state index in [0.717, 1.165) is 31.4 Å². The Morgan fingerprint density at radius 1 is 1.29 bits per heavy atom. The summed E-state index contributed by atoms with van der Waals surface area (Å²) >= 11 is 0. The molecule has 0 saturated heterocycles. The highest BCUT2D eigenvalue weighted by molar-refractivity contribution is 5.92. The van der Waals surface area contributed by atoms with E-state index < -0.39 is 23.6 Å². The van der Waals surface area contributed by atoms with Gasteiger partial charge < -0.3 is 20.3 Å². The Bertz CT molecular complexity index is 1200. The van der Waals surface area contributed by atoms with Crippen LogP contribution < -0.4 is 15.6 Å². The molecule has 1 fully saturated rings. The summed E-state index contributed by atoms with van der Waals surface area (Å²) in [5.74, 6) is 0.810. The Hall–Kier alpha value is -3.57. The minimum atomic E-state index is -0.952. The number of pyridine rings is 1. The Kier molecular flexibility index (Phi) is 7.88. The Morgan fingerprint density at radius 2 is 2.09 bits per heavy atom. The molecular weight excluding hydrogens is 452 g/mol. The predicted octanol–water partition coefficient (Wildman–Crippen LogP) is 2.05. The molecule has 1 saturated carbocycles. The Balaban J connectivity index is 1.52. The fourth-order valence-electron chi connectivity index (χ4n) is 4.28. The molecule has 2 atom stereocenters. The molecule has 11 heteroatoms. The maximum atomic E-state index is 13.3. The van der Waals surface area contributed by atoms with Crippen molar-refractivity contribution in [3.8, 4) is 11.6 Å². The summed E-state index contributed by atoms with van der Waals surface area (Å²) in [6.07, 6.45) is 6.76. The van der Waals surface area contributed by atoms with Gasteiger partial charge in [0.1, 0.15) is 6.04 Å². The highest BCUT2D eigenvalue weighted by atomic mass is 16.5. The van der Waals surface area contributed by atoms with Crippen LogP contribution in [-0.2, 0) is 11.3 Å². The van der Waals surface area contributed by atoms with Gasteiger partial charge in [-0.2, -0.15) is 10.2 Å². The largest absolute Gasteiger partial charge is 0.437 e. The molecule has 186 valence electrons. The van der Waals surface area contributed by atoms with Crippen molar-refractivity contribution in [3.63, 3.8) is 0 Å². The molecule has 1 aliphatic carbocycles. The van der Waals surface area contributed by atoms with Gasteiger partial charge in [-0.1, -0.05) is 31.7 Å². The number of anilines is 1. The zero-order valence-electron chi connectivity index (χ0n) is 19.6. The number of rotatable bonds is 10. The molecule has 3 heterocycles. The summed E-state index contributed by atoms with van der Waals surface area (Å²) in [6, 6.07) is 7.42. The van der Waals surface area contributed by atoms with Crippen molar-refractivity contribution in [1.82, 2.24) is 24.5 Å². The standard InChI is InChI=1S/C24H30N6O5/c1-16-5-4-8-22(26-16)35-19-12-23(33)30(25-13-19)20(11-17-6-2-3-7-17)24(34)27-21-9-10-29(28-21)14-18(32)15-31/h4-5,8-10,12-13,17-18,20,31-32H,2-3,6-7,11,14-15H2,1H3,(H,27,28,34)/t18-,20?/m1/s1. The Labute approximate surface area is 202 Å². The molecule has 0 bridgehead atoms. The minimum absolute atomic E-state index is 0.0934. The number of aromatic nitrogens is 5. The number of hydrogen-bond acceptors (Lipinski definition) is 8. The summed E-state index contributed by atoms with van der Waals surface area (Å²) < 4.78 is 8.29. The highest BCUT2D eigenvalue weighted by Gasteiger charge is 2.29. The molecule has 0 aromatic carbocycles. The van der Waals surface area contributed by atoms with Crippen molar-refractivity contribution < 1.29 is 19.7 Å². The minimum Gasteiger partial charge on any atom is -0.437 e.